The standard InChI is InChI=1S/C26H23F2N7O/c27-18-4-1-5-19(28)23(18)20-14-17-15-3-2-9-26(10-6-15,24(17)33-32-20)21-7-11-30-25(31-21)35-12-8-16(34-35)13-22(29)36/h1,4-5,7-8,11-12,14-15H,2-3,6,9-10,13H2,(H2,29,36)/t15-,26+/m0/s1. The number of amides is 1. The van der Waals surface area contributed by atoms with E-state index in [-0.39, 0.29) is 23.6 Å². The van der Waals surface area contributed by atoms with Gasteiger partial charge in [0.05, 0.1) is 40.2 Å². The Kier molecular flexibility index (Phi) is 5.31. The molecular weight excluding hydrogens is 464 g/mol. The first-order valence-corrected chi connectivity index (χ1v) is 11.9. The maximum atomic E-state index is 14.5. The van der Waals surface area contributed by atoms with Crippen molar-refractivity contribution in [3.05, 3.63) is 83.1 Å². The molecule has 0 saturated heterocycles. The van der Waals surface area contributed by atoms with E-state index in [1.807, 2.05) is 6.07 Å². The van der Waals surface area contributed by atoms with E-state index in [4.69, 9.17) is 10.7 Å². The highest BCUT2D eigenvalue weighted by Crippen LogP contribution is 2.53. The lowest BCUT2D eigenvalue weighted by molar-refractivity contribution is -0.117. The van der Waals surface area contributed by atoms with Gasteiger partial charge >= 0.3 is 0 Å². The highest BCUT2D eigenvalue weighted by Gasteiger charge is 2.46. The Bertz CT molecular complexity index is 1460. The van der Waals surface area contributed by atoms with Crippen LogP contribution in [-0.4, -0.2) is 35.9 Å². The van der Waals surface area contributed by atoms with Crippen molar-refractivity contribution in [1.29, 1.82) is 0 Å². The van der Waals surface area contributed by atoms with Crippen LogP contribution in [0, 0.1) is 11.6 Å². The van der Waals surface area contributed by atoms with Crippen LogP contribution in [0.2, 0.25) is 0 Å². The summed E-state index contributed by atoms with van der Waals surface area (Å²) in [5.74, 6) is -1.15. The van der Waals surface area contributed by atoms with Crippen molar-refractivity contribution in [2.24, 2.45) is 5.73 Å². The highest BCUT2D eigenvalue weighted by molar-refractivity contribution is 5.76. The van der Waals surface area contributed by atoms with Crippen LogP contribution < -0.4 is 5.73 Å². The molecule has 0 unspecified atom stereocenters. The van der Waals surface area contributed by atoms with Gasteiger partial charge in [0.15, 0.2) is 0 Å². The fourth-order valence-corrected chi connectivity index (χ4v) is 5.69. The molecule has 0 aliphatic heterocycles. The van der Waals surface area contributed by atoms with Gasteiger partial charge in [-0.25, -0.2) is 23.4 Å². The summed E-state index contributed by atoms with van der Waals surface area (Å²) >= 11 is 0. The van der Waals surface area contributed by atoms with Gasteiger partial charge in [-0.3, -0.25) is 4.79 Å². The minimum atomic E-state index is -0.659. The number of halogens is 2. The lowest BCUT2D eigenvalue weighted by Gasteiger charge is -2.37. The predicted octanol–water partition coefficient (Wildman–Crippen LogP) is 3.77. The molecule has 0 radical (unpaired) electrons. The second-order valence-corrected chi connectivity index (χ2v) is 9.48. The lowest BCUT2D eigenvalue weighted by Crippen LogP contribution is -2.34. The monoisotopic (exact) mass is 487 g/mol. The number of carbonyl (C=O) groups is 1. The first-order chi connectivity index (χ1) is 17.4. The Morgan fingerprint density at radius 1 is 1.11 bits per heavy atom. The van der Waals surface area contributed by atoms with E-state index in [2.05, 4.69) is 20.3 Å². The van der Waals surface area contributed by atoms with Crippen molar-refractivity contribution in [3.8, 4) is 17.2 Å². The van der Waals surface area contributed by atoms with Gasteiger partial charge in [0.1, 0.15) is 11.6 Å². The molecule has 1 amide bonds. The minimum Gasteiger partial charge on any atom is -0.369 e. The van der Waals surface area contributed by atoms with Gasteiger partial charge < -0.3 is 5.73 Å². The molecule has 36 heavy (non-hydrogen) atoms. The zero-order valence-electron chi connectivity index (χ0n) is 19.4. The van der Waals surface area contributed by atoms with E-state index >= 15 is 0 Å². The van der Waals surface area contributed by atoms with Crippen LogP contribution >= 0.6 is 0 Å². The highest BCUT2D eigenvalue weighted by atomic mass is 19.1. The van der Waals surface area contributed by atoms with E-state index in [0.717, 1.165) is 49.1 Å². The number of primary amides is 1. The second kappa shape index (κ2) is 8.54. The summed E-state index contributed by atoms with van der Waals surface area (Å²) in [6.07, 6.45) is 7.95. The zero-order chi connectivity index (χ0) is 24.9. The second-order valence-electron chi connectivity index (χ2n) is 9.48. The van der Waals surface area contributed by atoms with Gasteiger partial charge in [-0.15, -0.1) is 5.10 Å². The van der Waals surface area contributed by atoms with Gasteiger partial charge in [-0.2, -0.15) is 10.2 Å². The summed E-state index contributed by atoms with van der Waals surface area (Å²) in [5.41, 5.74) is 7.99. The maximum absolute atomic E-state index is 14.5. The van der Waals surface area contributed by atoms with Crippen LogP contribution in [0.15, 0.2) is 48.8 Å². The normalized spacial score (nSPS) is 20.7. The number of rotatable bonds is 5. The summed E-state index contributed by atoms with van der Waals surface area (Å²) in [5, 5.41) is 13.3. The molecule has 1 aromatic carbocycles. The van der Waals surface area contributed by atoms with Crippen LogP contribution in [0.25, 0.3) is 17.2 Å². The molecule has 2 bridgehead atoms. The fraction of sp³-hybridized carbons (Fsp3) is 0.308. The third kappa shape index (κ3) is 3.64. The number of nitrogens with zero attached hydrogens (tertiary/aromatic N) is 6. The van der Waals surface area contributed by atoms with Crippen LogP contribution in [-0.2, 0) is 16.6 Å². The summed E-state index contributed by atoms with van der Waals surface area (Å²) < 4.78 is 30.5. The predicted molar refractivity (Wildman–Crippen MR) is 126 cm³/mol. The van der Waals surface area contributed by atoms with Gasteiger partial charge in [0.2, 0.25) is 5.91 Å². The molecule has 182 valence electrons. The summed E-state index contributed by atoms with van der Waals surface area (Å²) in [6, 6.07) is 9.20. The molecule has 1 fully saturated rings. The number of hydrogen-bond acceptors (Lipinski definition) is 6. The number of benzene rings is 1. The first-order valence-electron chi connectivity index (χ1n) is 11.9. The van der Waals surface area contributed by atoms with E-state index < -0.39 is 23.0 Å². The fourth-order valence-electron chi connectivity index (χ4n) is 5.69. The Balaban J connectivity index is 1.44. The molecular formula is C26H23F2N7O. The van der Waals surface area contributed by atoms with E-state index in [1.54, 1.807) is 24.5 Å². The SMILES string of the molecule is NC(=O)Cc1ccn(-c2nccc([C@@]34CCC[C@@H](CC3)c3cc(-c5c(F)cccc5F)nnc34)n2)n1. The topological polar surface area (TPSA) is 112 Å². The van der Waals surface area contributed by atoms with Gasteiger partial charge in [0, 0.05) is 12.4 Å². The average molecular weight is 488 g/mol. The zero-order valence-corrected chi connectivity index (χ0v) is 19.4. The molecule has 4 aromatic rings. The lowest BCUT2D eigenvalue weighted by atomic mass is 9.68. The molecule has 3 aliphatic rings. The maximum Gasteiger partial charge on any atom is 0.250 e. The van der Waals surface area contributed by atoms with Crippen molar-refractivity contribution in [1.82, 2.24) is 29.9 Å². The molecule has 2 atom stereocenters. The minimum absolute atomic E-state index is 0.0336. The van der Waals surface area contributed by atoms with Crippen LogP contribution in [0.5, 0.6) is 0 Å². The van der Waals surface area contributed by atoms with E-state index in [1.165, 1.54) is 22.9 Å². The Morgan fingerprint density at radius 2 is 1.94 bits per heavy atom. The quantitative estimate of drug-likeness (QED) is 0.459. The number of aromatic nitrogens is 6. The molecule has 3 aromatic heterocycles. The van der Waals surface area contributed by atoms with Crippen molar-refractivity contribution >= 4 is 5.91 Å². The van der Waals surface area contributed by atoms with Crippen LogP contribution in [0.4, 0.5) is 8.78 Å². The van der Waals surface area contributed by atoms with Crippen LogP contribution in [0.1, 0.15) is 60.7 Å². The molecule has 3 aliphatic carbocycles. The Labute approximate surface area is 205 Å². The molecule has 10 heteroatoms. The van der Waals surface area contributed by atoms with Crippen molar-refractivity contribution in [2.45, 2.75) is 49.9 Å². The Morgan fingerprint density at radius 3 is 2.75 bits per heavy atom. The van der Waals surface area contributed by atoms with Gasteiger partial charge in [-0.1, -0.05) is 12.5 Å². The molecule has 2 N–H and O–H groups in total. The summed E-state index contributed by atoms with van der Waals surface area (Å²) in [7, 11) is 0. The third-order valence-corrected chi connectivity index (χ3v) is 7.35. The summed E-state index contributed by atoms with van der Waals surface area (Å²) in [4.78, 5) is 20.5. The number of carbonyl (C=O) groups excluding carboxylic acids is 1. The van der Waals surface area contributed by atoms with Crippen molar-refractivity contribution in [2.75, 3.05) is 0 Å². The van der Waals surface area contributed by atoms with Crippen molar-refractivity contribution < 1.29 is 13.6 Å². The smallest absolute Gasteiger partial charge is 0.250 e. The van der Waals surface area contributed by atoms with Gasteiger partial charge in [-0.05, 0) is 67.5 Å². The largest absolute Gasteiger partial charge is 0.369 e. The molecule has 1 saturated carbocycles. The van der Waals surface area contributed by atoms with Crippen LogP contribution in [0.3, 0.4) is 0 Å². The van der Waals surface area contributed by atoms with E-state index in [0.29, 0.717) is 11.6 Å². The number of fused-ring (bicyclic) bond motifs is 3. The first kappa shape index (κ1) is 22.4. The summed E-state index contributed by atoms with van der Waals surface area (Å²) in [6.45, 7) is 0. The number of hydrogen-bond donors (Lipinski definition) is 1. The molecule has 8 nitrogen and oxygen atoms in total. The molecule has 3 heterocycles. The third-order valence-electron chi connectivity index (χ3n) is 7.35. The molecule has 7 rings (SSSR count). The number of nitrogens with two attached hydrogens (primary N) is 1. The van der Waals surface area contributed by atoms with Gasteiger partial charge in [0.25, 0.3) is 5.95 Å². The van der Waals surface area contributed by atoms with Crippen molar-refractivity contribution in [3.63, 3.8) is 0 Å². The Hall–Kier alpha value is -4.08. The molecule has 0 spiro atoms. The van der Waals surface area contributed by atoms with E-state index in [9.17, 15) is 13.6 Å². The average Bonchev–Trinajstić information content (AvgIpc) is 3.13.